The Bertz CT molecular complexity index is 1600. The average molecular weight is 681 g/mol. The number of sulfone groups is 1. The van der Waals surface area contributed by atoms with Crippen molar-refractivity contribution in [3.8, 4) is 5.75 Å². The summed E-state index contributed by atoms with van der Waals surface area (Å²) in [5, 5.41) is 18.7. The van der Waals surface area contributed by atoms with Crippen LogP contribution in [0.25, 0.3) is 0 Å². The van der Waals surface area contributed by atoms with Crippen LogP contribution in [-0.2, 0) is 31.4 Å². The Morgan fingerprint density at radius 1 is 0.932 bits per heavy atom. The van der Waals surface area contributed by atoms with Crippen LogP contribution in [0, 0.1) is 0 Å². The van der Waals surface area contributed by atoms with Gasteiger partial charge in [0.25, 0.3) is 5.91 Å². The SMILES string of the molecule is CCOc1cc(Cl)c(S(C)(=O)=O)cc1C1(C(=O)N2CCC(O)CC2)N[C@@](C)(c2ccc(Cl)cc2)[C@@](C)(c2ccc(Cl)cc2)N1. The number of carbonyl (C=O) groups excluding carboxylic acids is 1. The van der Waals surface area contributed by atoms with Gasteiger partial charge in [0, 0.05) is 41.0 Å². The zero-order valence-electron chi connectivity index (χ0n) is 25.0. The van der Waals surface area contributed by atoms with Crippen LogP contribution in [0.15, 0.2) is 65.6 Å². The molecule has 0 saturated carbocycles. The third-order valence-corrected chi connectivity index (χ3v) is 11.0. The van der Waals surface area contributed by atoms with E-state index in [1.807, 2.05) is 38.1 Å². The van der Waals surface area contributed by atoms with Crippen molar-refractivity contribution in [2.75, 3.05) is 26.0 Å². The van der Waals surface area contributed by atoms with Crippen molar-refractivity contribution in [3.63, 3.8) is 0 Å². The van der Waals surface area contributed by atoms with E-state index in [1.54, 1.807) is 36.1 Å². The van der Waals surface area contributed by atoms with Gasteiger partial charge in [0.05, 0.1) is 33.7 Å². The highest BCUT2D eigenvalue weighted by Gasteiger charge is 2.64. The normalized spacial score (nSPS) is 26.1. The van der Waals surface area contributed by atoms with Crippen LogP contribution in [0.5, 0.6) is 5.75 Å². The zero-order chi connectivity index (χ0) is 32.1. The number of nitrogens with zero attached hydrogens (tertiary/aromatic N) is 1. The van der Waals surface area contributed by atoms with Crippen LogP contribution in [0.2, 0.25) is 15.1 Å². The molecule has 8 nitrogen and oxygen atoms in total. The summed E-state index contributed by atoms with van der Waals surface area (Å²) in [5.41, 5.74) is -1.77. The lowest BCUT2D eigenvalue weighted by Crippen LogP contribution is -2.62. The van der Waals surface area contributed by atoms with E-state index in [0.29, 0.717) is 36.0 Å². The van der Waals surface area contributed by atoms with Crippen molar-refractivity contribution in [3.05, 3.63) is 92.4 Å². The average Bonchev–Trinajstić information content (AvgIpc) is 3.22. The molecular weight excluding hydrogens is 645 g/mol. The molecule has 2 aliphatic rings. The number of aliphatic hydroxyl groups excluding tert-OH is 1. The summed E-state index contributed by atoms with van der Waals surface area (Å²) in [4.78, 5) is 16.6. The number of benzene rings is 3. The Morgan fingerprint density at radius 3 is 1.84 bits per heavy atom. The molecule has 1 amide bonds. The molecule has 5 rings (SSSR count). The number of ether oxygens (including phenoxy) is 1. The molecule has 0 spiro atoms. The standard InChI is InChI=1S/C32H36Cl3N3O5S/c1-5-43-27-19-26(35)28(44(4,41)42)18-25(27)32(29(40)38-16-14-24(39)15-17-38)36-30(2,20-6-10-22(33)11-7-20)31(3,37-32)21-8-12-23(34)13-9-21/h6-13,18-19,24,36-37,39H,5,14-17H2,1-4H3/t30-,31+,32?. The van der Waals surface area contributed by atoms with Crippen molar-refractivity contribution in [2.45, 2.75) is 61.4 Å². The van der Waals surface area contributed by atoms with Crippen molar-refractivity contribution >= 4 is 50.5 Å². The molecule has 2 aliphatic heterocycles. The molecule has 2 heterocycles. The van der Waals surface area contributed by atoms with E-state index in [0.717, 1.165) is 17.4 Å². The topological polar surface area (TPSA) is 108 Å². The van der Waals surface area contributed by atoms with E-state index >= 15 is 4.79 Å². The zero-order valence-corrected chi connectivity index (χ0v) is 28.0. The fraction of sp³-hybridized carbons (Fsp3) is 0.406. The van der Waals surface area contributed by atoms with Crippen molar-refractivity contribution in [2.24, 2.45) is 0 Å². The van der Waals surface area contributed by atoms with Crippen LogP contribution in [-0.4, -0.2) is 56.4 Å². The lowest BCUT2D eigenvalue weighted by atomic mass is 9.72. The maximum Gasteiger partial charge on any atom is 0.262 e. The molecule has 3 aromatic carbocycles. The summed E-state index contributed by atoms with van der Waals surface area (Å²) in [6.07, 6.45) is 1.39. The molecule has 0 aromatic heterocycles. The number of likely N-dealkylation sites (tertiary alicyclic amines) is 1. The maximum absolute atomic E-state index is 15.0. The summed E-state index contributed by atoms with van der Waals surface area (Å²) in [6.45, 7) is 6.65. The third kappa shape index (κ3) is 5.73. The predicted molar refractivity (Wildman–Crippen MR) is 173 cm³/mol. The molecule has 0 bridgehead atoms. The number of carbonyl (C=O) groups is 1. The number of rotatable bonds is 7. The first-order valence-corrected chi connectivity index (χ1v) is 17.4. The van der Waals surface area contributed by atoms with Gasteiger partial charge in [-0.05, 0) is 75.1 Å². The Kier molecular flexibility index (Phi) is 9.07. The van der Waals surface area contributed by atoms with Gasteiger partial charge in [-0.2, -0.15) is 0 Å². The van der Waals surface area contributed by atoms with Gasteiger partial charge in [-0.15, -0.1) is 0 Å². The van der Waals surface area contributed by atoms with Crippen LogP contribution in [0.1, 0.15) is 50.3 Å². The highest BCUT2D eigenvalue weighted by molar-refractivity contribution is 7.90. The van der Waals surface area contributed by atoms with E-state index in [9.17, 15) is 13.5 Å². The monoisotopic (exact) mass is 679 g/mol. The minimum atomic E-state index is -3.80. The van der Waals surface area contributed by atoms with Gasteiger partial charge in [-0.1, -0.05) is 59.1 Å². The highest BCUT2D eigenvalue weighted by atomic mass is 35.5. The molecular formula is C32H36Cl3N3O5S. The van der Waals surface area contributed by atoms with Gasteiger partial charge < -0.3 is 14.7 Å². The largest absolute Gasteiger partial charge is 0.493 e. The molecule has 1 unspecified atom stereocenters. The van der Waals surface area contributed by atoms with Gasteiger partial charge in [0.2, 0.25) is 0 Å². The number of hydrogen-bond donors (Lipinski definition) is 3. The van der Waals surface area contributed by atoms with E-state index < -0.39 is 32.7 Å². The molecule has 44 heavy (non-hydrogen) atoms. The van der Waals surface area contributed by atoms with Crippen molar-refractivity contribution in [1.82, 2.24) is 15.5 Å². The smallest absolute Gasteiger partial charge is 0.262 e. The lowest BCUT2D eigenvalue weighted by molar-refractivity contribution is -0.142. The first-order valence-electron chi connectivity index (χ1n) is 14.4. The van der Waals surface area contributed by atoms with E-state index in [2.05, 4.69) is 10.6 Å². The van der Waals surface area contributed by atoms with Crippen LogP contribution >= 0.6 is 34.8 Å². The fourth-order valence-corrected chi connectivity index (χ4v) is 7.94. The summed E-state index contributed by atoms with van der Waals surface area (Å²) in [6, 6.07) is 17.6. The second-order valence-electron chi connectivity index (χ2n) is 11.8. The Hall–Kier alpha value is -2.37. The van der Waals surface area contributed by atoms with Gasteiger partial charge in [0.15, 0.2) is 15.5 Å². The van der Waals surface area contributed by atoms with Gasteiger partial charge in [-0.3, -0.25) is 15.4 Å². The number of amides is 1. The Morgan fingerprint density at radius 2 is 1.41 bits per heavy atom. The van der Waals surface area contributed by atoms with Crippen molar-refractivity contribution in [1.29, 1.82) is 0 Å². The van der Waals surface area contributed by atoms with E-state index in [4.69, 9.17) is 39.5 Å². The van der Waals surface area contributed by atoms with Crippen LogP contribution < -0.4 is 15.4 Å². The van der Waals surface area contributed by atoms with Gasteiger partial charge in [0.1, 0.15) is 5.75 Å². The Labute approximate surface area is 273 Å². The molecule has 0 radical (unpaired) electrons. The molecule has 2 fully saturated rings. The molecule has 3 atom stereocenters. The molecule has 12 heteroatoms. The number of halogens is 3. The number of piperidine rings is 1. The van der Waals surface area contributed by atoms with Gasteiger partial charge >= 0.3 is 0 Å². The second-order valence-corrected chi connectivity index (χ2v) is 15.0. The lowest BCUT2D eigenvalue weighted by Gasteiger charge is -2.41. The molecule has 0 aliphatic carbocycles. The fourth-order valence-electron chi connectivity index (χ4n) is 6.37. The van der Waals surface area contributed by atoms with Gasteiger partial charge in [-0.25, -0.2) is 8.42 Å². The number of hydrogen-bond acceptors (Lipinski definition) is 7. The third-order valence-electron chi connectivity index (χ3n) is 8.93. The van der Waals surface area contributed by atoms with Crippen molar-refractivity contribution < 1.29 is 23.1 Å². The minimum Gasteiger partial charge on any atom is -0.493 e. The quantitative estimate of drug-likeness (QED) is 0.298. The molecule has 236 valence electrons. The first kappa shape index (κ1) is 33.0. The first-order chi connectivity index (χ1) is 20.6. The van der Waals surface area contributed by atoms with E-state index in [-0.39, 0.29) is 33.7 Å². The number of nitrogens with one attached hydrogen (secondary N) is 2. The minimum absolute atomic E-state index is 0.0117. The second kappa shape index (κ2) is 12.1. The summed E-state index contributed by atoms with van der Waals surface area (Å²) >= 11 is 19.1. The van der Waals surface area contributed by atoms with Crippen LogP contribution in [0.3, 0.4) is 0 Å². The molecule has 2 saturated heterocycles. The highest BCUT2D eigenvalue weighted by Crippen LogP contribution is 2.52. The van der Waals surface area contributed by atoms with Crippen LogP contribution in [0.4, 0.5) is 0 Å². The van der Waals surface area contributed by atoms with E-state index in [1.165, 1.54) is 12.1 Å². The maximum atomic E-state index is 15.0. The Balaban J connectivity index is 1.84. The summed E-state index contributed by atoms with van der Waals surface area (Å²) in [7, 11) is -3.80. The predicted octanol–water partition coefficient (Wildman–Crippen LogP) is 5.61. The molecule has 3 N–H and O–H groups in total. The molecule has 3 aromatic rings. The number of aliphatic hydroxyl groups is 1. The summed E-state index contributed by atoms with van der Waals surface area (Å²) < 4.78 is 32.0. The summed E-state index contributed by atoms with van der Waals surface area (Å²) in [5.74, 6) is -0.0842.